The van der Waals surface area contributed by atoms with Crippen molar-refractivity contribution in [3.8, 4) is 6.07 Å². The van der Waals surface area contributed by atoms with Crippen molar-refractivity contribution in [2.75, 3.05) is 25.0 Å². The number of rotatable bonds is 9. The number of benzene rings is 1. The SMILES string of the molecule is C.CCCCCN1CCC(C#N)(NC(=O)[C@H](CC(C)(C)C)Nc2nc(=O)oc3ccccc23)CC1. The Morgan fingerprint density at radius 3 is 2.57 bits per heavy atom. The summed E-state index contributed by atoms with van der Waals surface area (Å²) in [6.45, 7) is 11.0. The van der Waals surface area contributed by atoms with Gasteiger partial charge in [-0.3, -0.25) is 4.79 Å². The Hall–Kier alpha value is -2.92. The number of unbranched alkanes of at least 4 members (excludes halogenated alkanes) is 2. The molecule has 2 heterocycles. The molecule has 35 heavy (non-hydrogen) atoms. The number of carbonyl (C=O) groups excluding carboxylic acids is 1. The molecule has 1 aliphatic rings. The molecule has 0 saturated carbocycles. The lowest BCUT2D eigenvalue weighted by atomic mass is 9.85. The maximum Gasteiger partial charge on any atom is 0.441 e. The van der Waals surface area contributed by atoms with Crippen molar-refractivity contribution in [1.29, 1.82) is 5.26 Å². The van der Waals surface area contributed by atoms with Crippen molar-refractivity contribution in [2.24, 2.45) is 5.41 Å². The van der Waals surface area contributed by atoms with Crippen molar-refractivity contribution >= 4 is 22.7 Å². The van der Waals surface area contributed by atoms with Crippen LogP contribution in [-0.2, 0) is 4.79 Å². The topological polar surface area (TPSA) is 111 Å². The fourth-order valence-corrected chi connectivity index (χ4v) is 4.45. The van der Waals surface area contributed by atoms with Crippen LogP contribution in [0.25, 0.3) is 11.0 Å². The molecule has 1 aliphatic heterocycles. The van der Waals surface area contributed by atoms with Crippen LogP contribution in [0.5, 0.6) is 0 Å². The average molecular weight is 484 g/mol. The quantitative estimate of drug-likeness (QED) is 0.497. The van der Waals surface area contributed by atoms with Gasteiger partial charge in [-0.25, -0.2) is 4.79 Å². The fraction of sp³-hybridized carbons (Fsp3) is 0.630. The zero-order chi connectivity index (χ0) is 24.8. The molecule has 1 aromatic carbocycles. The Kier molecular flexibility index (Phi) is 9.84. The highest BCUT2D eigenvalue weighted by Crippen LogP contribution is 2.27. The number of hydrogen-bond acceptors (Lipinski definition) is 7. The first-order valence-corrected chi connectivity index (χ1v) is 12.3. The highest BCUT2D eigenvalue weighted by Gasteiger charge is 2.38. The number of para-hydroxylation sites is 1. The second-order valence-electron chi connectivity index (χ2n) is 10.5. The zero-order valence-corrected chi connectivity index (χ0v) is 20.8. The van der Waals surface area contributed by atoms with Crippen LogP contribution in [0.15, 0.2) is 33.5 Å². The number of anilines is 1. The van der Waals surface area contributed by atoms with E-state index in [0.29, 0.717) is 36.0 Å². The van der Waals surface area contributed by atoms with Gasteiger partial charge in [0.1, 0.15) is 23.0 Å². The summed E-state index contributed by atoms with van der Waals surface area (Å²) >= 11 is 0. The molecule has 1 saturated heterocycles. The molecule has 8 heteroatoms. The number of amides is 1. The summed E-state index contributed by atoms with van der Waals surface area (Å²) in [7, 11) is 0. The van der Waals surface area contributed by atoms with E-state index in [9.17, 15) is 14.9 Å². The number of likely N-dealkylation sites (tertiary alicyclic amines) is 1. The Morgan fingerprint density at radius 2 is 1.94 bits per heavy atom. The third-order valence-corrected chi connectivity index (χ3v) is 6.35. The highest BCUT2D eigenvalue weighted by atomic mass is 16.4. The van der Waals surface area contributed by atoms with Crippen LogP contribution in [-0.4, -0.2) is 47.0 Å². The largest absolute Gasteiger partial charge is 0.441 e. The van der Waals surface area contributed by atoms with Gasteiger partial charge in [-0.2, -0.15) is 10.2 Å². The first-order valence-electron chi connectivity index (χ1n) is 12.3. The number of nitrogens with one attached hydrogen (secondary N) is 2. The van der Waals surface area contributed by atoms with Gasteiger partial charge in [0.2, 0.25) is 5.91 Å². The van der Waals surface area contributed by atoms with Crippen molar-refractivity contribution < 1.29 is 9.21 Å². The van der Waals surface area contributed by atoms with Gasteiger partial charge in [0.25, 0.3) is 0 Å². The Labute approximate surface area is 209 Å². The summed E-state index contributed by atoms with van der Waals surface area (Å²) in [4.78, 5) is 31.9. The van der Waals surface area contributed by atoms with Crippen LogP contribution in [0, 0.1) is 16.7 Å². The summed E-state index contributed by atoms with van der Waals surface area (Å²) < 4.78 is 5.19. The van der Waals surface area contributed by atoms with E-state index in [-0.39, 0.29) is 18.7 Å². The Bertz CT molecular complexity index is 1070. The molecule has 1 aromatic heterocycles. The summed E-state index contributed by atoms with van der Waals surface area (Å²) in [5.41, 5.74) is -0.655. The zero-order valence-electron chi connectivity index (χ0n) is 20.8. The molecule has 2 N–H and O–H groups in total. The van der Waals surface area contributed by atoms with Crippen molar-refractivity contribution in [3.63, 3.8) is 0 Å². The molecule has 2 aromatic rings. The van der Waals surface area contributed by atoms with Crippen molar-refractivity contribution in [3.05, 3.63) is 34.8 Å². The minimum atomic E-state index is -0.888. The third-order valence-electron chi connectivity index (χ3n) is 6.35. The standard InChI is InChI=1S/C26H37N5O3.CH4/c1-5-6-9-14-31-15-12-26(18-27,13-16-31)30-23(32)20(17-25(2,3)4)28-22-19-10-7-8-11-21(19)34-24(33)29-22;/h7-8,10-11,20H,5-6,9,12-17H2,1-4H3,(H,30,32)(H,28,29,33);1H4/t20-;/m0./s1. The summed E-state index contributed by atoms with van der Waals surface area (Å²) in [5, 5.41) is 16.9. The van der Waals surface area contributed by atoms with Crippen LogP contribution in [0.3, 0.4) is 0 Å². The number of aromatic nitrogens is 1. The molecule has 1 amide bonds. The molecule has 0 radical (unpaired) electrons. The molecular formula is C27H41N5O3. The fourth-order valence-electron chi connectivity index (χ4n) is 4.45. The Morgan fingerprint density at radius 1 is 1.26 bits per heavy atom. The lowest BCUT2D eigenvalue weighted by Crippen LogP contribution is -2.57. The van der Waals surface area contributed by atoms with Crippen LogP contribution in [0.2, 0.25) is 0 Å². The van der Waals surface area contributed by atoms with Crippen LogP contribution in [0.4, 0.5) is 5.82 Å². The molecule has 0 bridgehead atoms. The highest BCUT2D eigenvalue weighted by molar-refractivity contribution is 5.91. The molecule has 0 aliphatic carbocycles. The normalized spacial score (nSPS) is 16.7. The van der Waals surface area contributed by atoms with E-state index in [1.807, 2.05) is 6.07 Å². The summed E-state index contributed by atoms with van der Waals surface area (Å²) in [5.74, 6) is -0.664. The molecule has 1 atom stereocenters. The van der Waals surface area contributed by atoms with Crippen molar-refractivity contribution in [1.82, 2.24) is 15.2 Å². The molecule has 8 nitrogen and oxygen atoms in total. The second kappa shape index (κ2) is 12.2. The number of fused-ring (bicyclic) bond motifs is 1. The van der Waals surface area contributed by atoms with Crippen LogP contribution < -0.4 is 16.4 Å². The van der Waals surface area contributed by atoms with Gasteiger partial charge >= 0.3 is 5.76 Å². The van der Waals surface area contributed by atoms with Crippen LogP contribution >= 0.6 is 0 Å². The average Bonchev–Trinajstić information content (AvgIpc) is 2.79. The van der Waals surface area contributed by atoms with Gasteiger partial charge < -0.3 is 20.0 Å². The van der Waals surface area contributed by atoms with Gasteiger partial charge in [-0.15, -0.1) is 0 Å². The molecule has 1 fully saturated rings. The first-order chi connectivity index (χ1) is 16.1. The lowest BCUT2D eigenvalue weighted by molar-refractivity contribution is -0.124. The number of nitrogens with zero attached hydrogens (tertiary/aromatic N) is 3. The summed E-state index contributed by atoms with van der Waals surface area (Å²) in [6.07, 6.45) is 5.24. The second-order valence-corrected chi connectivity index (χ2v) is 10.5. The maximum atomic E-state index is 13.5. The maximum absolute atomic E-state index is 13.5. The number of piperidine rings is 1. The third kappa shape index (κ3) is 7.79. The van der Waals surface area contributed by atoms with Crippen LogP contribution in [0.1, 0.15) is 73.6 Å². The lowest BCUT2D eigenvalue weighted by Gasteiger charge is -2.39. The van der Waals surface area contributed by atoms with E-state index >= 15 is 0 Å². The van der Waals surface area contributed by atoms with Gasteiger partial charge in [0.15, 0.2) is 0 Å². The minimum Gasteiger partial charge on any atom is -0.408 e. The van der Waals surface area contributed by atoms with Gasteiger partial charge in [0, 0.05) is 13.1 Å². The van der Waals surface area contributed by atoms with E-state index in [1.54, 1.807) is 18.2 Å². The molecule has 0 spiro atoms. The summed E-state index contributed by atoms with van der Waals surface area (Å²) in [6, 6.07) is 8.82. The molecule has 0 unspecified atom stereocenters. The number of hydrogen-bond donors (Lipinski definition) is 2. The van der Waals surface area contributed by atoms with E-state index in [0.717, 1.165) is 26.1 Å². The first kappa shape index (κ1) is 28.3. The smallest absolute Gasteiger partial charge is 0.408 e. The van der Waals surface area contributed by atoms with E-state index in [4.69, 9.17) is 4.42 Å². The number of nitriles is 1. The van der Waals surface area contributed by atoms with Gasteiger partial charge in [0.05, 0.1) is 11.5 Å². The van der Waals surface area contributed by atoms with Gasteiger partial charge in [-0.05, 0) is 49.8 Å². The molecule has 3 rings (SSSR count). The van der Waals surface area contributed by atoms with Crippen molar-refractivity contribution in [2.45, 2.75) is 85.2 Å². The monoisotopic (exact) mass is 483 g/mol. The predicted molar refractivity (Wildman–Crippen MR) is 140 cm³/mol. The minimum absolute atomic E-state index is 0. The van der Waals surface area contributed by atoms with Gasteiger partial charge in [-0.1, -0.05) is 60.1 Å². The number of carbonyl (C=O) groups is 1. The van der Waals surface area contributed by atoms with E-state index < -0.39 is 17.3 Å². The Balaban J connectivity index is 0.00000432. The molecule has 192 valence electrons. The predicted octanol–water partition coefficient (Wildman–Crippen LogP) is 4.71. The molecular weight excluding hydrogens is 442 g/mol. The van der Waals surface area contributed by atoms with E-state index in [2.05, 4.69) is 54.3 Å². The van der Waals surface area contributed by atoms with E-state index in [1.165, 1.54) is 12.8 Å².